The molecule has 0 heterocycles. The Morgan fingerprint density at radius 1 is 1.17 bits per heavy atom. The highest BCUT2D eigenvalue weighted by molar-refractivity contribution is 7.36. The number of hydrogen-bond acceptors (Lipinski definition) is 0. The van der Waals surface area contributed by atoms with Gasteiger partial charge in [0.1, 0.15) is 0 Å². The highest BCUT2D eigenvalue weighted by Gasteiger charge is 2.31. The molecule has 0 saturated carbocycles. The van der Waals surface area contributed by atoms with Crippen molar-refractivity contribution in [2.24, 2.45) is 0 Å². The summed E-state index contributed by atoms with van der Waals surface area (Å²) in [5, 5.41) is 0. The molecule has 0 unspecified atom stereocenters. The van der Waals surface area contributed by atoms with E-state index in [9.17, 15) is 12.9 Å². The van der Waals surface area contributed by atoms with Gasteiger partial charge >= 0.3 is 13.5 Å². The summed E-state index contributed by atoms with van der Waals surface area (Å²) in [6, 6.07) is 0. The summed E-state index contributed by atoms with van der Waals surface area (Å²) in [6.45, 7) is 0. The molecular weight excluding hydrogens is 114 g/mol. The Labute approximate surface area is 38.9 Å². The molecule has 0 aromatic carbocycles. The smallest absolute Gasteiger partial charge is 0.315 e. The Hall–Kier alpha value is 0.210. The molecular formula is B2ClF3. The zero-order valence-corrected chi connectivity index (χ0v) is 3.42. The van der Waals surface area contributed by atoms with E-state index in [1.54, 1.807) is 0 Å². The standard InChI is InChI=1S/B2ClF3/c3-1(4)2(5)6. The molecule has 0 saturated heterocycles. The summed E-state index contributed by atoms with van der Waals surface area (Å²) in [5.74, 6) is 0. The second kappa shape index (κ2) is 2.39. The summed E-state index contributed by atoms with van der Waals surface area (Å²) < 4.78 is 32.1. The predicted octanol–water partition coefficient (Wildman–Crippen LogP) is 1.19. The maximum atomic E-state index is 10.8. The van der Waals surface area contributed by atoms with Crippen molar-refractivity contribution in [1.82, 2.24) is 0 Å². The van der Waals surface area contributed by atoms with Crippen LogP contribution in [-0.2, 0) is 0 Å². The molecule has 0 aromatic rings. The molecule has 0 spiro atoms. The Balaban J connectivity index is 2.99. The van der Waals surface area contributed by atoms with Crippen molar-refractivity contribution in [3.63, 3.8) is 0 Å². The molecule has 0 amide bonds. The lowest BCUT2D eigenvalue weighted by Gasteiger charge is -1.79. The summed E-state index contributed by atoms with van der Waals surface area (Å²) >= 11 is 4.20. The summed E-state index contributed by atoms with van der Waals surface area (Å²) in [5.41, 5.74) is 0. The van der Waals surface area contributed by atoms with Crippen LogP contribution in [0.25, 0.3) is 0 Å². The van der Waals surface area contributed by atoms with Gasteiger partial charge in [0.25, 0.3) is 0 Å². The first-order valence-electron chi connectivity index (χ1n) is 1.21. The zero-order valence-electron chi connectivity index (χ0n) is 2.67. The van der Waals surface area contributed by atoms with Crippen LogP contribution < -0.4 is 0 Å². The number of hydrogen-bond donors (Lipinski definition) is 0. The second-order valence-electron chi connectivity index (χ2n) is 0.669. The molecule has 0 nitrogen and oxygen atoms in total. The van der Waals surface area contributed by atoms with Gasteiger partial charge in [-0.1, -0.05) is 0 Å². The van der Waals surface area contributed by atoms with Gasteiger partial charge in [0, 0.05) is 0 Å². The average molecular weight is 114 g/mol. The second-order valence-corrected chi connectivity index (χ2v) is 1.09. The Morgan fingerprint density at radius 3 is 1.33 bits per heavy atom. The SMILES string of the molecule is FB(F)B(F)Cl. The van der Waals surface area contributed by atoms with Gasteiger partial charge in [0.15, 0.2) is 0 Å². The van der Waals surface area contributed by atoms with E-state index in [-0.39, 0.29) is 0 Å². The third-order valence-corrected chi connectivity index (χ3v) is 0.381. The third kappa shape index (κ3) is 2.45. The van der Waals surface area contributed by atoms with Gasteiger partial charge in [-0.25, -0.2) is 0 Å². The molecule has 0 atom stereocenters. The maximum Gasteiger partial charge on any atom is 0.555 e. The topological polar surface area (TPSA) is 0 Å². The van der Waals surface area contributed by atoms with Crippen LogP contribution in [0.5, 0.6) is 0 Å². The Kier molecular flexibility index (Phi) is 2.48. The molecule has 0 aliphatic heterocycles. The summed E-state index contributed by atoms with van der Waals surface area (Å²) in [4.78, 5) is 0. The van der Waals surface area contributed by atoms with Crippen LogP contribution >= 0.6 is 11.5 Å². The van der Waals surface area contributed by atoms with Gasteiger partial charge in [0.2, 0.25) is 0 Å². The highest BCUT2D eigenvalue weighted by atomic mass is 35.5. The van der Waals surface area contributed by atoms with Crippen molar-refractivity contribution in [1.29, 1.82) is 0 Å². The van der Waals surface area contributed by atoms with Crippen LogP contribution in [0.4, 0.5) is 12.9 Å². The van der Waals surface area contributed by atoms with Crippen molar-refractivity contribution in [3.05, 3.63) is 0 Å². The van der Waals surface area contributed by atoms with Crippen LogP contribution in [0.15, 0.2) is 0 Å². The van der Waals surface area contributed by atoms with Gasteiger partial charge in [-0.15, -0.1) is 0 Å². The number of rotatable bonds is 1. The zero-order chi connectivity index (χ0) is 5.15. The first kappa shape index (κ1) is 6.21. The Morgan fingerprint density at radius 2 is 1.33 bits per heavy atom. The predicted molar refractivity (Wildman–Crippen MR) is 20.7 cm³/mol. The normalized spacial score (nSPS) is 8.00. The monoisotopic (exact) mass is 114 g/mol. The van der Waals surface area contributed by atoms with Crippen LogP contribution in [0, 0.1) is 0 Å². The average Bonchev–Trinajstić information content (AvgIpc) is 1.36. The summed E-state index contributed by atoms with van der Waals surface area (Å²) in [6.07, 6.45) is -2.51. The lowest BCUT2D eigenvalue weighted by molar-refractivity contribution is 0.681. The number of halogens is 4. The molecule has 0 radical (unpaired) electrons. The van der Waals surface area contributed by atoms with Crippen LogP contribution in [-0.4, -0.2) is 13.5 Å². The van der Waals surface area contributed by atoms with Crippen LogP contribution in [0.3, 0.4) is 0 Å². The molecule has 34 valence electrons. The van der Waals surface area contributed by atoms with Crippen molar-refractivity contribution < 1.29 is 12.9 Å². The van der Waals surface area contributed by atoms with E-state index in [1.807, 2.05) is 0 Å². The fourth-order valence-corrected chi connectivity index (χ4v) is 0. The van der Waals surface area contributed by atoms with Crippen molar-refractivity contribution >= 4 is 24.9 Å². The Bertz CT molecular complexity index is 29.8. The van der Waals surface area contributed by atoms with E-state index < -0.39 is 13.5 Å². The lowest BCUT2D eigenvalue weighted by Crippen LogP contribution is -2.14. The van der Waals surface area contributed by atoms with E-state index in [0.29, 0.717) is 0 Å². The summed E-state index contributed by atoms with van der Waals surface area (Å²) in [7, 11) is -3.05. The lowest BCUT2D eigenvalue weighted by atomic mass is 9.63. The van der Waals surface area contributed by atoms with Crippen molar-refractivity contribution in [2.75, 3.05) is 0 Å². The molecule has 0 aromatic heterocycles. The van der Waals surface area contributed by atoms with E-state index >= 15 is 0 Å². The molecule has 0 aliphatic rings. The van der Waals surface area contributed by atoms with Crippen LogP contribution in [0.2, 0.25) is 0 Å². The largest absolute Gasteiger partial charge is 0.555 e. The molecule has 0 N–H and O–H groups in total. The van der Waals surface area contributed by atoms with Gasteiger partial charge in [-0.05, 0) is 0 Å². The quantitative estimate of drug-likeness (QED) is 0.449. The fourth-order valence-electron chi connectivity index (χ4n) is 0. The van der Waals surface area contributed by atoms with E-state index in [0.717, 1.165) is 0 Å². The third-order valence-electron chi connectivity index (χ3n) is 0.190. The van der Waals surface area contributed by atoms with Gasteiger partial charge < -0.3 is 4.32 Å². The van der Waals surface area contributed by atoms with Gasteiger partial charge in [-0.2, -0.15) is 11.5 Å². The molecule has 0 rings (SSSR count). The minimum Gasteiger partial charge on any atom is -0.315 e. The maximum absolute atomic E-state index is 10.8. The molecule has 0 fully saturated rings. The van der Waals surface area contributed by atoms with E-state index in [4.69, 9.17) is 0 Å². The minimum atomic E-state index is -3.05. The fraction of sp³-hybridized carbons (Fsp3) is 0. The van der Waals surface area contributed by atoms with E-state index in [1.165, 1.54) is 0 Å². The molecule has 0 bridgehead atoms. The molecule has 6 heteroatoms. The minimum absolute atomic E-state index is 2.51. The highest BCUT2D eigenvalue weighted by Crippen LogP contribution is 1.98. The van der Waals surface area contributed by atoms with Gasteiger partial charge in [0.05, 0.1) is 0 Å². The first-order valence-corrected chi connectivity index (χ1v) is 1.64. The van der Waals surface area contributed by atoms with Crippen LogP contribution in [0.1, 0.15) is 0 Å². The molecule has 0 aliphatic carbocycles. The van der Waals surface area contributed by atoms with Crippen molar-refractivity contribution in [2.45, 2.75) is 0 Å². The van der Waals surface area contributed by atoms with Gasteiger partial charge in [-0.3, -0.25) is 8.63 Å². The first-order chi connectivity index (χ1) is 2.64. The molecule has 6 heavy (non-hydrogen) atoms. The van der Waals surface area contributed by atoms with Crippen molar-refractivity contribution in [3.8, 4) is 0 Å². The van der Waals surface area contributed by atoms with E-state index in [2.05, 4.69) is 11.5 Å².